The van der Waals surface area contributed by atoms with Gasteiger partial charge in [0, 0.05) is 17.6 Å². The van der Waals surface area contributed by atoms with E-state index in [2.05, 4.69) is 30.1 Å². The average molecular weight is 230 g/mol. The van der Waals surface area contributed by atoms with E-state index in [0.29, 0.717) is 6.54 Å². The molecule has 0 bridgehead atoms. The van der Waals surface area contributed by atoms with Gasteiger partial charge in [0.05, 0.1) is 0 Å². The molecule has 0 aliphatic rings. The Morgan fingerprint density at radius 2 is 2.12 bits per heavy atom. The second-order valence-corrected chi connectivity index (χ2v) is 4.66. The molecule has 0 unspecified atom stereocenters. The van der Waals surface area contributed by atoms with E-state index in [-0.39, 0.29) is 0 Å². The highest BCUT2D eigenvalue weighted by atomic mass is 32.2. The van der Waals surface area contributed by atoms with E-state index < -0.39 is 0 Å². The van der Waals surface area contributed by atoms with Crippen LogP contribution in [0.25, 0.3) is 0 Å². The maximum absolute atomic E-state index is 5.63. The van der Waals surface area contributed by atoms with Crippen LogP contribution in [0.5, 0.6) is 0 Å². The molecular formula is C13H14N2S. The highest BCUT2D eigenvalue weighted by Crippen LogP contribution is 2.27. The van der Waals surface area contributed by atoms with Crippen molar-refractivity contribution in [2.75, 3.05) is 0 Å². The predicted molar refractivity (Wildman–Crippen MR) is 67.4 cm³/mol. The van der Waals surface area contributed by atoms with E-state index in [0.717, 1.165) is 5.03 Å². The Morgan fingerprint density at radius 3 is 2.75 bits per heavy atom. The zero-order valence-electron chi connectivity index (χ0n) is 9.18. The third-order valence-corrected chi connectivity index (χ3v) is 3.33. The van der Waals surface area contributed by atoms with Gasteiger partial charge in [0.2, 0.25) is 0 Å². The molecule has 2 aromatic rings. The molecule has 0 spiro atoms. The zero-order valence-corrected chi connectivity index (χ0v) is 10.00. The Labute approximate surface area is 99.9 Å². The van der Waals surface area contributed by atoms with Crippen LogP contribution in [0, 0.1) is 6.92 Å². The van der Waals surface area contributed by atoms with Gasteiger partial charge in [-0.15, -0.1) is 0 Å². The number of hydrogen-bond donors (Lipinski definition) is 1. The summed E-state index contributed by atoms with van der Waals surface area (Å²) in [7, 11) is 0. The third kappa shape index (κ3) is 2.62. The molecule has 16 heavy (non-hydrogen) atoms. The van der Waals surface area contributed by atoms with Gasteiger partial charge in [-0.3, -0.25) is 0 Å². The van der Waals surface area contributed by atoms with Gasteiger partial charge in [0.1, 0.15) is 5.03 Å². The van der Waals surface area contributed by atoms with Crippen molar-refractivity contribution in [3.8, 4) is 0 Å². The lowest BCUT2D eigenvalue weighted by atomic mass is 10.1. The van der Waals surface area contributed by atoms with Gasteiger partial charge < -0.3 is 5.73 Å². The molecule has 3 heteroatoms. The lowest BCUT2D eigenvalue weighted by Crippen LogP contribution is -1.98. The minimum absolute atomic E-state index is 0.598. The Morgan fingerprint density at radius 1 is 1.25 bits per heavy atom. The van der Waals surface area contributed by atoms with Gasteiger partial charge in [-0.1, -0.05) is 23.9 Å². The summed E-state index contributed by atoms with van der Waals surface area (Å²) >= 11 is 1.67. The molecule has 0 radical (unpaired) electrons. The molecule has 0 saturated heterocycles. The lowest BCUT2D eigenvalue weighted by Gasteiger charge is -2.05. The van der Waals surface area contributed by atoms with Crippen molar-refractivity contribution < 1.29 is 0 Å². The highest BCUT2D eigenvalue weighted by molar-refractivity contribution is 7.99. The molecule has 0 atom stereocenters. The first-order chi connectivity index (χ1) is 7.79. The Hall–Kier alpha value is -1.32. The Balaban J connectivity index is 2.20. The minimum Gasteiger partial charge on any atom is -0.326 e. The fourth-order valence-electron chi connectivity index (χ4n) is 1.49. The maximum Gasteiger partial charge on any atom is 0.101 e. The van der Waals surface area contributed by atoms with Crippen LogP contribution in [0.2, 0.25) is 0 Å². The fraction of sp³-hybridized carbons (Fsp3) is 0.154. The molecular weight excluding hydrogens is 216 g/mol. The summed E-state index contributed by atoms with van der Waals surface area (Å²) in [6, 6.07) is 12.3. The number of aryl methyl sites for hydroxylation is 1. The molecule has 82 valence electrons. The summed E-state index contributed by atoms with van der Waals surface area (Å²) in [6.45, 7) is 2.69. The monoisotopic (exact) mass is 230 g/mol. The predicted octanol–water partition coefficient (Wildman–Crippen LogP) is 3.00. The molecule has 0 aliphatic heterocycles. The summed E-state index contributed by atoms with van der Waals surface area (Å²) in [5.41, 5.74) is 8.07. The second kappa shape index (κ2) is 5.14. The van der Waals surface area contributed by atoms with E-state index in [4.69, 9.17) is 5.73 Å². The molecule has 0 amide bonds. The number of nitrogens with two attached hydrogens (primary N) is 1. The van der Waals surface area contributed by atoms with Crippen LogP contribution in [-0.4, -0.2) is 4.98 Å². The summed E-state index contributed by atoms with van der Waals surface area (Å²) in [5, 5.41) is 1.02. The molecule has 1 aromatic heterocycles. The first-order valence-corrected chi connectivity index (χ1v) is 6.00. The number of rotatable bonds is 3. The van der Waals surface area contributed by atoms with Crippen LogP contribution in [-0.2, 0) is 6.54 Å². The van der Waals surface area contributed by atoms with Crippen molar-refractivity contribution >= 4 is 11.8 Å². The third-order valence-electron chi connectivity index (χ3n) is 2.39. The van der Waals surface area contributed by atoms with Crippen molar-refractivity contribution in [3.63, 3.8) is 0 Å². The normalized spacial score (nSPS) is 10.4. The SMILES string of the molecule is Cc1cc(Sc2ccccn2)ccc1CN. The smallest absolute Gasteiger partial charge is 0.101 e. The zero-order chi connectivity index (χ0) is 11.4. The highest BCUT2D eigenvalue weighted by Gasteiger charge is 2.01. The largest absolute Gasteiger partial charge is 0.326 e. The molecule has 1 heterocycles. The van der Waals surface area contributed by atoms with Crippen molar-refractivity contribution in [2.24, 2.45) is 5.73 Å². The Kier molecular flexibility index (Phi) is 3.59. The topological polar surface area (TPSA) is 38.9 Å². The van der Waals surface area contributed by atoms with E-state index in [9.17, 15) is 0 Å². The van der Waals surface area contributed by atoms with E-state index >= 15 is 0 Å². The fourth-order valence-corrected chi connectivity index (χ4v) is 2.36. The first kappa shape index (κ1) is 11.2. The minimum atomic E-state index is 0.598. The maximum atomic E-state index is 5.63. The van der Waals surface area contributed by atoms with Gasteiger partial charge in [-0.05, 0) is 42.3 Å². The molecule has 0 fully saturated rings. The summed E-state index contributed by atoms with van der Waals surface area (Å²) in [5.74, 6) is 0. The molecule has 0 saturated carbocycles. The number of pyridine rings is 1. The van der Waals surface area contributed by atoms with Crippen molar-refractivity contribution in [1.29, 1.82) is 0 Å². The van der Waals surface area contributed by atoms with Crippen LogP contribution in [0.4, 0.5) is 0 Å². The number of benzene rings is 1. The quantitative estimate of drug-likeness (QED) is 0.881. The van der Waals surface area contributed by atoms with Crippen LogP contribution in [0.3, 0.4) is 0 Å². The standard InChI is InChI=1S/C13H14N2S/c1-10-8-12(6-5-11(10)9-14)16-13-4-2-3-7-15-13/h2-8H,9,14H2,1H3. The van der Waals surface area contributed by atoms with Crippen LogP contribution >= 0.6 is 11.8 Å². The summed E-state index contributed by atoms with van der Waals surface area (Å²) in [6.07, 6.45) is 1.81. The van der Waals surface area contributed by atoms with Crippen molar-refractivity contribution in [1.82, 2.24) is 4.98 Å². The lowest BCUT2D eigenvalue weighted by molar-refractivity contribution is 1.04. The summed E-state index contributed by atoms with van der Waals surface area (Å²) < 4.78 is 0. The van der Waals surface area contributed by atoms with Gasteiger partial charge in [0.25, 0.3) is 0 Å². The van der Waals surface area contributed by atoms with Crippen molar-refractivity contribution in [2.45, 2.75) is 23.4 Å². The van der Waals surface area contributed by atoms with Gasteiger partial charge in [0.15, 0.2) is 0 Å². The van der Waals surface area contributed by atoms with Gasteiger partial charge in [-0.25, -0.2) is 4.98 Å². The molecule has 2 nitrogen and oxygen atoms in total. The second-order valence-electron chi connectivity index (χ2n) is 3.56. The van der Waals surface area contributed by atoms with Crippen LogP contribution in [0.1, 0.15) is 11.1 Å². The van der Waals surface area contributed by atoms with Crippen LogP contribution in [0.15, 0.2) is 52.5 Å². The van der Waals surface area contributed by atoms with E-state index in [1.807, 2.05) is 24.4 Å². The molecule has 2 rings (SSSR count). The summed E-state index contributed by atoms with van der Waals surface area (Å²) in [4.78, 5) is 5.49. The number of nitrogens with zero attached hydrogens (tertiary/aromatic N) is 1. The first-order valence-electron chi connectivity index (χ1n) is 5.18. The van der Waals surface area contributed by atoms with E-state index in [1.54, 1.807) is 11.8 Å². The van der Waals surface area contributed by atoms with Gasteiger partial charge >= 0.3 is 0 Å². The molecule has 2 N–H and O–H groups in total. The number of aromatic nitrogens is 1. The molecule has 0 aliphatic carbocycles. The van der Waals surface area contributed by atoms with Crippen LogP contribution < -0.4 is 5.73 Å². The van der Waals surface area contributed by atoms with Gasteiger partial charge in [-0.2, -0.15) is 0 Å². The average Bonchev–Trinajstić information content (AvgIpc) is 2.31. The van der Waals surface area contributed by atoms with Crippen molar-refractivity contribution in [3.05, 3.63) is 53.7 Å². The van der Waals surface area contributed by atoms with E-state index in [1.165, 1.54) is 16.0 Å². The Bertz CT molecular complexity index is 469. The number of hydrogen-bond acceptors (Lipinski definition) is 3. The molecule has 1 aromatic carbocycles.